The van der Waals surface area contributed by atoms with Crippen molar-refractivity contribution in [3.05, 3.63) is 75.6 Å². The summed E-state index contributed by atoms with van der Waals surface area (Å²) in [4.78, 5) is 23.3. The number of phenols is 1. The maximum absolute atomic E-state index is 13.5. The van der Waals surface area contributed by atoms with Crippen molar-refractivity contribution in [2.24, 2.45) is 5.92 Å². The minimum absolute atomic E-state index is 0.0529. The zero-order valence-electron chi connectivity index (χ0n) is 23.9. The molecular weight excluding hydrogens is 659 g/mol. The normalized spacial score (nSPS) is 14.8. The summed E-state index contributed by atoms with van der Waals surface area (Å²) in [5.41, 5.74) is -4.89. The number of esters is 1. The van der Waals surface area contributed by atoms with Crippen molar-refractivity contribution in [2.75, 3.05) is 29.5 Å². The van der Waals surface area contributed by atoms with Gasteiger partial charge in [0.25, 0.3) is 0 Å². The lowest BCUT2D eigenvalue weighted by molar-refractivity contribution is -0.148. The van der Waals surface area contributed by atoms with E-state index in [1.807, 2.05) is 4.90 Å². The maximum atomic E-state index is 13.5. The number of hydrogen-bond donors (Lipinski definition) is 1. The van der Waals surface area contributed by atoms with Crippen LogP contribution >= 0.6 is 11.6 Å². The number of anilines is 2. The molecule has 0 radical (unpaired) electrons. The Morgan fingerprint density at radius 3 is 1.91 bits per heavy atom. The van der Waals surface area contributed by atoms with E-state index in [0.29, 0.717) is 55.9 Å². The number of carbonyl (C=O) groups excluding carboxylic acids is 1. The number of piperidine rings is 1. The van der Waals surface area contributed by atoms with Gasteiger partial charge in [0.05, 0.1) is 52.3 Å². The van der Waals surface area contributed by atoms with Crippen molar-refractivity contribution in [3.63, 3.8) is 0 Å². The van der Waals surface area contributed by atoms with Crippen LogP contribution in [0, 0.1) is 5.92 Å². The minimum atomic E-state index is -5.15. The van der Waals surface area contributed by atoms with Crippen LogP contribution in [0.3, 0.4) is 0 Å². The van der Waals surface area contributed by atoms with E-state index in [4.69, 9.17) is 16.3 Å². The molecule has 0 amide bonds. The van der Waals surface area contributed by atoms with Crippen LogP contribution in [0.5, 0.6) is 5.75 Å². The molecule has 0 bridgehead atoms. The first-order valence-electron chi connectivity index (χ1n) is 13.7. The number of phenolic OH excluding ortho intramolecular Hbond substituents is 1. The summed E-state index contributed by atoms with van der Waals surface area (Å²) in [5, 5.41) is 9.78. The molecule has 2 heterocycles. The molecule has 1 saturated heterocycles. The zero-order chi connectivity index (χ0) is 34.0. The SMILES string of the molecule is CCOC(=O)C1CCN(c2cnc(N(Cc3cc(C(F)(F)F)cc(C(F)(F)F)c3)Cc3cc(C(F)(F)F)cc(Cl)c3O)nc2)CC1. The summed E-state index contributed by atoms with van der Waals surface area (Å²) in [5.74, 6) is -1.66. The molecule has 1 aliphatic rings. The molecular formula is C29H26ClF9N4O3. The summed E-state index contributed by atoms with van der Waals surface area (Å²) in [7, 11) is 0. The Morgan fingerprint density at radius 1 is 0.891 bits per heavy atom. The van der Waals surface area contributed by atoms with Crippen LogP contribution in [0.25, 0.3) is 0 Å². The summed E-state index contributed by atoms with van der Waals surface area (Å²) < 4.78 is 127. The average Bonchev–Trinajstić information content (AvgIpc) is 2.97. The predicted octanol–water partition coefficient (Wildman–Crippen LogP) is 7.88. The lowest BCUT2D eigenvalue weighted by atomic mass is 9.97. The Labute approximate surface area is 261 Å². The molecule has 1 fully saturated rings. The van der Waals surface area contributed by atoms with Gasteiger partial charge < -0.3 is 19.6 Å². The molecule has 1 N–H and O–H groups in total. The van der Waals surface area contributed by atoms with Crippen molar-refractivity contribution in [1.82, 2.24) is 9.97 Å². The molecule has 0 atom stereocenters. The molecule has 3 aromatic rings. The molecule has 17 heteroatoms. The van der Waals surface area contributed by atoms with Gasteiger partial charge in [0.2, 0.25) is 5.95 Å². The highest BCUT2D eigenvalue weighted by atomic mass is 35.5. The van der Waals surface area contributed by atoms with Crippen molar-refractivity contribution in [2.45, 2.75) is 51.4 Å². The Balaban J connectivity index is 1.70. The third-order valence-electron chi connectivity index (χ3n) is 7.24. The van der Waals surface area contributed by atoms with E-state index in [0.717, 1.165) is 4.90 Å². The molecule has 0 unspecified atom stereocenters. The van der Waals surface area contributed by atoms with E-state index in [1.54, 1.807) is 6.92 Å². The van der Waals surface area contributed by atoms with Crippen LogP contribution in [0.4, 0.5) is 51.1 Å². The standard InChI is InChI=1S/C29H26ClF9N4O3/c1-2-46-25(45)17-3-5-42(6-4-17)22-12-40-26(41-13-22)43(15-18-9-21(29(37,38)39)11-23(30)24(18)44)14-16-7-19(27(31,32)33)10-20(8-16)28(34,35)36/h7-13,17,44H,2-6,14-15H2,1H3. The van der Waals surface area contributed by atoms with Gasteiger partial charge in [-0.25, -0.2) is 9.97 Å². The monoisotopic (exact) mass is 684 g/mol. The van der Waals surface area contributed by atoms with Gasteiger partial charge in [-0.3, -0.25) is 4.79 Å². The second-order valence-electron chi connectivity index (χ2n) is 10.5. The van der Waals surface area contributed by atoms with E-state index in [1.165, 1.54) is 12.4 Å². The number of carbonyl (C=O) groups is 1. The van der Waals surface area contributed by atoms with E-state index in [2.05, 4.69) is 9.97 Å². The van der Waals surface area contributed by atoms with Crippen LogP contribution in [-0.4, -0.2) is 40.7 Å². The number of hydrogen-bond acceptors (Lipinski definition) is 7. The van der Waals surface area contributed by atoms with Gasteiger partial charge in [-0.2, -0.15) is 39.5 Å². The van der Waals surface area contributed by atoms with Gasteiger partial charge in [-0.1, -0.05) is 11.6 Å². The fourth-order valence-electron chi connectivity index (χ4n) is 4.95. The Morgan fingerprint density at radius 2 is 1.41 bits per heavy atom. The first-order valence-corrected chi connectivity index (χ1v) is 14.1. The van der Waals surface area contributed by atoms with Crippen molar-refractivity contribution < 1.29 is 54.2 Å². The first kappa shape index (κ1) is 34.9. The molecule has 46 heavy (non-hydrogen) atoms. The molecule has 7 nitrogen and oxygen atoms in total. The molecule has 1 aliphatic heterocycles. The van der Waals surface area contributed by atoms with Crippen LogP contribution < -0.4 is 9.80 Å². The summed E-state index contributed by atoms with van der Waals surface area (Å²) >= 11 is 5.83. The average molecular weight is 685 g/mol. The molecule has 1 aromatic heterocycles. The number of nitrogens with zero attached hydrogens (tertiary/aromatic N) is 4. The predicted molar refractivity (Wildman–Crippen MR) is 148 cm³/mol. The van der Waals surface area contributed by atoms with E-state index in [-0.39, 0.29) is 30.5 Å². The van der Waals surface area contributed by atoms with Gasteiger partial charge in [0, 0.05) is 31.7 Å². The Hall–Kier alpha value is -3.95. The first-order chi connectivity index (χ1) is 21.4. The van der Waals surface area contributed by atoms with Crippen molar-refractivity contribution in [3.8, 4) is 5.75 Å². The summed E-state index contributed by atoms with van der Waals surface area (Å²) in [6.07, 6.45) is -11.6. The number of rotatable bonds is 8. The lowest BCUT2D eigenvalue weighted by Crippen LogP contribution is -2.37. The third-order valence-corrected chi connectivity index (χ3v) is 7.53. The van der Waals surface area contributed by atoms with Crippen LogP contribution in [0.15, 0.2) is 42.7 Å². The number of aromatic hydroxyl groups is 1. The second kappa shape index (κ2) is 13.4. The highest BCUT2D eigenvalue weighted by Crippen LogP contribution is 2.39. The van der Waals surface area contributed by atoms with Gasteiger partial charge >= 0.3 is 24.5 Å². The molecule has 0 aliphatic carbocycles. The largest absolute Gasteiger partial charge is 0.506 e. The van der Waals surface area contributed by atoms with Crippen LogP contribution in [0.2, 0.25) is 5.02 Å². The molecule has 0 spiro atoms. The lowest BCUT2D eigenvalue weighted by Gasteiger charge is -2.32. The molecule has 250 valence electrons. The number of alkyl halides is 9. The Kier molecular flexibility index (Phi) is 10.2. The molecule has 4 rings (SSSR count). The topological polar surface area (TPSA) is 78.8 Å². The van der Waals surface area contributed by atoms with Gasteiger partial charge in [0.1, 0.15) is 5.75 Å². The second-order valence-corrected chi connectivity index (χ2v) is 10.9. The smallest absolute Gasteiger partial charge is 0.416 e. The molecule has 2 aromatic carbocycles. The van der Waals surface area contributed by atoms with Gasteiger partial charge in [-0.05, 0) is 55.7 Å². The van der Waals surface area contributed by atoms with Crippen molar-refractivity contribution in [1.29, 1.82) is 0 Å². The number of aromatic nitrogens is 2. The fraction of sp³-hybridized carbons (Fsp3) is 0.414. The van der Waals surface area contributed by atoms with E-state index >= 15 is 0 Å². The highest BCUT2D eigenvalue weighted by Gasteiger charge is 2.37. The summed E-state index contributed by atoms with van der Waals surface area (Å²) in [6.45, 7) is 1.38. The number of benzene rings is 2. The quantitative estimate of drug-likeness (QED) is 0.191. The van der Waals surface area contributed by atoms with Gasteiger partial charge in [0.15, 0.2) is 0 Å². The van der Waals surface area contributed by atoms with E-state index in [9.17, 15) is 49.4 Å². The zero-order valence-corrected chi connectivity index (χ0v) is 24.7. The summed E-state index contributed by atoms with van der Waals surface area (Å²) in [6, 6.07) is 1.93. The van der Waals surface area contributed by atoms with Crippen LogP contribution in [-0.2, 0) is 41.1 Å². The Bertz CT molecular complexity index is 1510. The van der Waals surface area contributed by atoms with Crippen molar-refractivity contribution >= 4 is 29.2 Å². The number of ether oxygens (including phenoxy) is 1. The molecule has 0 saturated carbocycles. The van der Waals surface area contributed by atoms with Crippen LogP contribution in [0.1, 0.15) is 47.6 Å². The fourth-order valence-corrected chi connectivity index (χ4v) is 5.19. The minimum Gasteiger partial charge on any atom is -0.506 e. The van der Waals surface area contributed by atoms with E-state index < -0.39 is 70.2 Å². The maximum Gasteiger partial charge on any atom is 0.416 e. The van der Waals surface area contributed by atoms with Gasteiger partial charge in [-0.15, -0.1) is 0 Å². The number of halogens is 10. The highest BCUT2D eigenvalue weighted by molar-refractivity contribution is 6.32. The third kappa shape index (κ3) is 8.44.